The zero-order valence-corrected chi connectivity index (χ0v) is 11.3. The molecule has 1 aromatic heterocycles. The molecule has 18 heavy (non-hydrogen) atoms. The fourth-order valence-corrected chi connectivity index (χ4v) is 1.79. The summed E-state index contributed by atoms with van der Waals surface area (Å²) in [7, 11) is 0. The van der Waals surface area contributed by atoms with Gasteiger partial charge in [0.25, 0.3) is 5.56 Å². The highest BCUT2D eigenvalue weighted by Gasteiger charge is 1.99. The van der Waals surface area contributed by atoms with E-state index >= 15 is 0 Å². The number of halogens is 1. The summed E-state index contributed by atoms with van der Waals surface area (Å²) in [5.41, 5.74) is 5.61. The molecule has 2 rings (SSSR count). The number of hydrogen-bond donors (Lipinski definition) is 1. The molecule has 0 atom stereocenters. The van der Waals surface area contributed by atoms with Crippen LogP contribution in [0.1, 0.15) is 0 Å². The first-order valence-corrected chi connectivity index (χ1v) is 6.29. The molecular weight excluding hydrogens is 296 g/mol. The maximum Gasteiger partial charge on any atom is 0.273 e. The number of pyridine rings is 1. The second-order valence-corrected chi connectivity index (χ2v) is 4.68. The van der Waals surface area contributed by atoms with Gasteiger partial charge in [-0.15, -0.1) is 0 Å². The van der Waals surface area contributed by atoms with Gasteiger partial charge in [0.1, 0.15) is 12.4 Å². The minimum atomic E-state index is -0.183. The normalized spacial score (nSPS) is 10.3. The highest BCUT2D eigenvalue weighted by Crippen LogP contribution is 2.15. The van der Waals surface area contributed by atoms with Gasteiger partial charge in [-0.05, 0) is 36.4 Å². The molecule has 0 fully saturated rings. The van der Waals surface area contributed by atoms with E-state index < -0.39 is 0 Å². The molecule has 5 heteroatoms. The molecule has 0 aliphatic carbocycles. The van der Waals surface area contributed by atoms with Crippen LogP contribution in [0.15, 0.2) is 51.9 Å². The SMILES string of the molecule is Nc1cccn(CCOc2ccc(Br)cc2)c1=O. The van der Waals surface area contributed by atoms with E-state index in [4.69, 9.17) is 10.5 Å². The third-order valence-electron chi connectivity index (χ3n) is 2.46. The van der Waals surface area contributed by atoms with Crippen molar-refractivity contribution in [2.75, 3.05) is 12.3 Å². The Kier molecular flexibility index (Phi) is 4.04. The Labute approximate surface area is 113 Å². The van der Waals surface area contributed by atoms with Crippen molar-refractivity contribution in [3.8, 4) is 5.75 Å². The van der Waals surface area contributed by atoms with Gasteiger partial charge in [0.05, 0.1) is 12.2 Å². The molecule has 1 aromatic carbocycles. The van der Waals surface area contributed by atoms with Gasteiger partial charge in [0.15, 0.2) is 0 Å². The maximum atomic E-state index is 11.6. The first-order valence-electron chi connectivity index (χ1n) is 5.50. The molecule has 0 unspecified atom stereocenters. The van der Waals surface area contributed by atoms with Crippen molar-refractivity contribution in [3.63, 3.8) is 0 Å². The van der Waals surface area contributed by atoms with Crippen LogP contribution in [-0.2, 0) is 6.54 Å². The molecule has 0 saturated heterocycles. The number of ether oxygens (including phenoxy) is 1. The average molecular weight is 309 g/mol. The number of nitrogen functional groups attached to an aromatic ring is 1. The zero-order valence-electron chi connectivity index (χ0n) is 9.67. The van der Waals surface area contributed by atoms with Crippen LogP contribution in [0.5, 0.6) is 5.75 Å². The third kappa shape index (κ3) is 3.13. The van der Waals surface area contributed by atoms with Gasteiger partial charge in [-0.2, -0.15) is 0 Å². The van der Waals surface area contributed by atoms with Crippen LogP contribution in [0.25, 0.3) is 0 Å². The first-order chi connectivity index (χ1) is 8.66. The lowest BCUT2D eigenvalue weighted by atomic mass is 10.3. The highest BCUT2D eigenvalue weighted by atomic mass is 79.9. The van der Waals surface area contributed by atoms with Crippen LogP contribution in [0.2, 0.25) is 0 Å². The van der Waals surface area contributed by atoms with Crippen molar-refractivity contribution < 1.29 is 4.74 Å². The Morgan fingerprint density at radius 1 is 1.22 bits per heavy atom. The van der Waals surface area contributed by atoms with Crippen LogP contribution >= 0.6 is 15.9 Å². The summed E-state index contributed by atoms with van der Waals surface area (Å²) >= 11 is 3.35. The summed E-state index contributed by atoms with van der Waals surface area (Å²) in [6.45, 7) is 0.894. The molecule has 1 heterocycles. The van der Waals surface area contributed by atoms with E-state index in [2.05, 4.69) is 15.9 Å². The Morgan fingerprint density at radius 2 is 1.94 bits per heavy atom. The zero-order chi connectivity index (χ0) is 13.0. The molecular formula is C13H13BrN2O2. The summed E-state index contributed by atoms with van der Waals surface area (Å²) in [6.07, 6.45) is 1.70. The van der Waals surface area contributed by atoms with Crippen LogP contribution in [0.4, 0.5) is 5.69 Å². The summed E-state index contributed by atoms with van der Waals surface area (Å²) in [5.74, 6) is 0.773. The highest BCUT2D eigenvalue weighted by molar-refractivity contribution is 9.10. The van der Waals surface area contributed by atoms with E-state index in [9.17, 15) is 4.79 Å². The minimum absolute atomic E-state index is 0.183. The van der Waals surface area contributed by atoms with Gasteiger partial charge < -0.3 is 15.0 Å². The second-order valence-electron chi connectivity index (χ2n) is 3.76. The summed E-state index contributed by atoms with van der Waals surface area (Å²) < 4.78 is 8.08. The molecule has 94 valence electrons. The molecule has 0 radical (unpaired) electrons. The molecule has 0 saturated carbocycles. The number of nitrogens with two attached hydrogens (primary N) is 1. The van der Waals surface area contributed by atoms with Crippen molar-refractivity contribution in [1.29, 1.82) is 0 Å². The summed E-state index contributed by atoms with van der Waals surface area (Å²) in [5, 5.41) is 0. The standard InChI is InChI=1S/C13H13BrN2O2/c14-10-3-5-11(6-4-10)18-9-8-16-7-1-2-12(15)13(16)17/h1-7H,8-9,15H2. The maximum absolute atomic E-state index is 11.6. The van der Waals surface area contributed by atoms with Gasteiger partial charge in [-0.1, -0.05) is 15.9 Å². The molecule has 2 N–H and O–H groups in total. The van der Waals surface area contributed by atoms with Crippen LogP contribution in [0.3, 0.4) is 0 Å². The van der Waals surface area contributed by atoms with Crippen LogP contribution in [0, 0.1) is 0 Å². The predicted octanol–water partition coefficient (Wildman–Crippen LogP) is 2.27. The van der Waals surface area contributed by atoms with Gasteiger partial charge in [-0.25, -0.2) is 0 Å². The van der Waals surface area contributed by atoms with E-state index in [1.807, 2.05) is 24.3 Å². The lowest BCUT2D eigenvalue weighted by Crippen LogP contribution is -2.24. The lowest BCUT2D eigenvalue weighted by Gasteiger charge is -2.08. The monoisotopic (exact) mass is 308 g/mol. The van der Waals surface area contributed by atoms with Crippen molar-refractivity contribution in [3.05, 3.63) is 57.4 Å². The third-order valence-corrected chi connectivity index (χ3v) is 2.99. The fourth-order valence-electron chi connectivity index (χ4n) is 1.52. The van der Waals surface area contributed by atoms with Crippen molar-refractivity contribution in [2.45, 2.75) is 6.54 Å². The molecule has 4 nitrogen and oxygen atoms in total. The average Bonchev–Trinajstić information content (AvgIpc) is 2.37. The van der Waals surface area contributed by atoms with Gasteiger partial charge in [0, 0.05) is 10.7 Å². The number of nitrogens with zero attached hydrogens (tertiary/aromatic N) is 1. The Hall–Kier alpha value is -1.75. The number of aromatic nitrogens is 1. The molecule has 0 bridgehead atoms. The fraction of sp³-hybridized carbons (Fsp3) is 0.154. The molecule has 2 aromatic rings. The summed E-state index contributed by atoms with van der Waals surface area (Å²) in [4.78, 5) is 11.6. The Morgan fingerprint density at radius 3 is 2.67 bits per heavy atom. The van der Waals surface area contributed by atoms with E-state index in [-0.39, 0.29) is 11.2 Å². The number of benzene rings is 1. The topological polar surface area (TPSA) is 57.2 Å². The van der Waals surface area contributed by atoms with Crippen LogP contribution in [-0.4, -0.2) is 11.2 Å². The number of rotatable bonds is 4. The van der Waals surface area contributed by atoms with Crippen molar-refractivity contribution in [1.82, 2.24) is 4.57 Å². The minimum Gasteiger partial charge on any atom is -0.492 e. The molecule has 0 amide bonds. The Bertz CT molecular complexity index is 578. The van der Waals surface area contributed by atoms with Gasteiger partial charge in [0.2, 0.25) is 0 Å². The lowest BCUT2D eigenvalue weighted by molar-refractivity contribution is 0.296. The van der Waals surface area contributed by atoms with Crippen molar-refractivity contribution in [2.24, 2.45) is 0 Å². The number of anilines is 1. The number of hydrogen-bond acceptors (Lipinski definition) is 3. The van der Waals surface area contributed by atoms with Gasteiger partial charge in [-0.3, -0.25) is 4.79 Å². The van der Waals surface area contributed by atoms with Crippen molar-refractivity contribution >= 4 is 21.6 Å². The quantitative estimate of drug-likeness (QED) is 0.942. The van der Waals surface area contributed by atoms with Gasteiger partial charge >= 0.3 is 0 Å². The van der Waals surface area contributed by atoms with E-state index in [0.29, 0.717) is 13.2 Å². The van der Waals surface area contributed by atoms with E-state index in [0.717, 1.165) is 10.2 Å². The Balaban J connectivity index is 1.94. The second kappa shape index (κ2) is 5.73. The van der Waals surface area contributed by atoms with Crippen LogP contribution < -0.4 is 16.0 Å². The first kappa shape index (κ1) is 12.7. The molecule has 0 spiro atoms. The van der Waals surface area contributed by atoms with E-state index in [1.165, 1.54) is 4.57 Å². The largest absolute Gasteiger partial charge is 0.492 e. The molecule has 0 aliphatic rings. The summed E-state index contributed by atoms with van der Waals surface area (Å²) in [6, 6.07) is 10.9. The smallest absolute Gasteiger partial charge is 0.273 e. The van der Waals surface area contributed by atoms with E-state index in [1.54, 1.807) is 18.3 Å². The predicted molar refractivity (Wildman–Crippen MR) is 74.8 cm³/mol. The molecule has 0 aliphatic heterocycles.